The second-order valence-corrected chi connectivity index (χ2v) is 7.47. The minimum absolute atomic E-state index is 0.110. The number of rotatable bonds is 9. The van der Waals surface area contributed by atoms with Crippen molar-refractivity contribution < 1.29 is 14.3 Å². The Kier molecular flexibility index (Phi) is 7.05. The Bertz CT molecular complexity index is 1120. The van der Waals surface area contributed by atoms with Gasteiger partial charge < -0.3 is 19.4 Å². The SMILES string of the molecule is COc1ccc([C](c2ccc(OC)cc2)c2cccc(C(=O)NCCn3ccnc3)c2)cc1. The van der Waals surface area contributed by atoms with Crippen LogP contribution >= 0.6 is 0 Å². The molecule has 1 aromatic heterocycles. The maximum atomic E-state index is 12.8. The van der Waals surface area contributed by atoms with Crippen LogP contribution in [0.1, 0.15) is 27.0 Å². The van der Waals surface area contributed by atoms with Crippen LogP contribution in [0.4, 0.5) is 0 Å². The van der Waals surface area contributed by atoms with Crippen molar-refractivity contribution in [3.05, 3.63) is 120 Å². The lowest BCUT2D eigenvalue weighted by atomic mass is 9.84. The normalized spacial score (nSPS) is 10.8. The molecule has 3 aromatic carbocycles. The number of benzene rings is 3. The van der Waals surface area contributed by atoms with Crippen LogP contribution in [-0.2, 0) is 6.54 Å². The fraction of sp³-hybridized carbons (Fsp3) is 0.148. The first-order valence-electron chi connectivity index (χ1n) is 10.7. The number of nitrogens with one attached hydrogen (secondary N) is 1. The van der Waals surface area contributed by atoms with Crippen LogP contribution in [-0.4, -0.2) is 36.2 Å². The van der Waals surface area contributed by atoms with Gasteiger partial charge in [-0.1, -0.05) is 36.4 Å². The first-order chi connectivity index (χ1) is 16.2. The number of carbonyl (C=O) groups is 1. The molecule has 33 heavy (non-hydrogen) atoms. The molecule has 0 atom stereocenters. The van der Waals surface area contributed by atoms with Crippen LogP contribution in [0.2, 0.25) is 0 Å². The van der Waals surface area contributed by atoms with Crippen molar-refractivity contribution in [3.8, 4) is 11.5 Å². The predicted molar refractivity (Wildman–Crippen MR) is 128 cm³/mol. The zero-order valence-corrected chi connectivity index (χ0v) is 18.7. The third kappa shape index (κ3) is 5.41. The van der Waals surface area contributed by atoms with E-state index in [9.17, 15) is 4.79 Å². The van der Waals surface area contributed by atoms with E-state index < -0.39 is 0 Å². The molecule has 6 nitrogen and oxygen atoms in total. The van der Waals surface area contributed by atoms with E-state index in [1.54, 1.807) is 26.7 Å². The van der Waals surface area contributed by atoms with Crippen molar-refractivity contribution in [2.45, 2.75) is 6.54 Å². The Hall–Kier alpha value is -4.06. The average molecular weight is 441 g/mol. The molecule has 0 spiro atoms. The van der Waals surface area contributed by atoms with Crippen molar-refractivity contribution in [2.75, 3.05) is 20.8 Å². The Labute approximate surface area is 193 Å². The molecular formula is C27H26N3O3. The third-order valence-electron chi connectivity index (χ3n) is 5.39. The molecule has 1 N–H and O–H groups in total. The van der Waals surface area contributed by atoms with E-state index in [2.05, 4.69) is 10.3 Å². The van der Waals surface area contributed by atoms with Crippen molar-refractivity contribution >= 4 is 5.91 Å². The summed E-state index contributed by atoms with van der Waals surface area (Å²) in [6.45, 7) is 1.19. The van der Waals surface area contributed by atoms with Crippen molar-refractivity contribution in [1.29, 1.82) is 0 Å². The molecule has 167 valence electrons. The predicted octanol–water partition coefficient (Wildman–Crippen LogP) is 4.35. The number of ether oxygens (including phenoxy) is 2. The first kappa shape index (κ1) is 22.1. The Balaban J connectivity index is 1.61. The zero-order chi connectivity index (χ0) is 23.0. The van der Waals surface area contributed by atoms with E-state index in [0.717, 1.165) is 34.1 Å². The highest BCUT2D eigenvalue weighted by Gasteiger charge is 2.19. The molecule has 1 heterocycles. The summed E-state index contributed by atoms with van der Waals surface area (Å²) in [5.74, 6) is 2.49. The summed E-state index contributed by atoms with van der Waals surface area (Å²) in [5.41, 5.74) is 3.61. The lowest BCUT2D eigenvalue weighted by Crippen LogP contribution is -2.27. The molecule has 0 saturated carbocycles. The number of hydrogen-bond acceptors (Lipinski definition) is 4. The highest BCUT2D eigenvalue weighted by Crippen LogP contribution is 2.33. The fourth-order valence-electron chi connectivity index (χ4n) is 3.65. The molecular weight excluding hydrogens is 414 g/mol. The highest BCUT2D eigenvalue weighted by atomic mass is 16.5. The average Bonchev–Trinajstić information content (AvgIpc) is 3.39. The topological polar surface area (TPSA) is 65.4 Å². The van der Waals surface area contributed by atoms with Crippen molar-refractivity contribution in [2.24, 2.45) is 0 Å². The summed E-state index contributed by atoms with van der Waals surface area (Å²) in [4.78, 5) is 16.8. The van der Waals surface area contributed by atoms with E-state index >= 15 is 0 Å². The summed E-state index contributed by atoms with van der Waals surface area (Å²) in [6.07, 6.45) is 5.33. The van der Waals surface area contributed by atoms with E-state index in [4.69, 9.17) is 9.47 Å². The molecule has 0 aliphatic carbocycles. The number of imidazole rings is 1. The number of hydrogen-bond donors (Lipinski definition) is 1. The summed E-state index contributed by atoms with van der Waals surface area (Å²) >= 11 is 0. The van der Waals surface area contributed by atoms with Crippen LogP contribution in [0.3, 0.4) is 0 Å². The maximum absolute atomic E-state index is 12.8. The second kappa shape index (κ2) is 10.5. The van der Waals surface area contributed by atoms with Gasteiger partial charge in [0.25, 0.3) is 5.91 Å². The summed E-state index contributed by atoms with van der Waals surface area (Å²) < 4.78 is 12.6. The van der Waals surface area contributed by atoms with Crippen LogP contribution in [0.25, 0.3) is 0 Å². The molecule has 0 fully saturated rings. The van der Waals surface area contributed by atoms with Gasteiger partial charge >= 0.3 is 0 Å². The lowest BCUT2D eigenvalue weighted by Gasteiger charge is -2.19. The van der Waals surface area contributed by atoms with Crippen molar-refractivity contribution in [3.63, 3.8) is 0 Å². The molecule has 0 aliphatic heterocycles. The molecule has 6 heteroatoms. The van der Waals surface area contributed by atoms with E-state index in [0.29, 0.717) is 18.7 Å². The van der Waals surface area contributed by atoms with Crippen LogP contribution in [0, 0.1) is 5.92 Å². The smallest absolute Gasteiger partial charge is 0.251 e. The van der Waals surface area contributed by atoms with Gasteiger partial charge in [0.1, 0.15) is 11.5 Å². The van der Waals surface area contributed by atoms with Gasteiger partial charge in [-0.05, 0) is 53.1 Å². The number of methoxy groups -OCH3 is 2. The maximum Gasteiger partial charge on any atom is 0.251 e. The highest BCUT2D eigenvalue weighted by molar-refractivity contribution is 5.94. The number of amides is 1. The monoisotopic (exact) mass is 440 g/mol. The molecule has 1 radical (unpaired) electrons. The van der Waals surface area contributed by atoms with Gasteiger partial charge in [-0.25, -0.2) is 4.98 Å². The first-order valence-corrected chi connectivity index (χ1v) is 10.7. The molecule has 0 aliphatic rings. The van der Waals surface area contributed by atoms with Gasteiger partial charge in [0.05, 0.1) is 26.5 Å². The molecule has 0 unspecified atom stereocenters. The Morgan fingerprint density at radius 1 is 0.848 bits per heavy atom. The van der Waals surface area contributed by atoms with Gasteiger partial charge in [-0.3, -0.25) is 4.79 Å². The van der Waals surface area contributed by atoms with Gasteiger partial charge in [-0.2, -0.15) is 0 Å². The zero-order valence-electron chi connectivity index (χ0n) is 18.7. The van der Waals surface area contributed by atoms with Gasteiger partial charge in [-0.15, -0.1) is 0 Å². The minimum Gasteiger partial charge on any atom is -0.497 e. The van der Waals surface area contributed by atoms with E-state index in [1.165, 1.54) is 0 Å². The van der Waals surface area contributed by atoms with Gasteiger partial charge in [0, 0.05) is 31.0 Å². The van der Waals surface area contributed by atoms with E-state index in [-0.39, 0.29) is 5.91 Å². The van der Waals surface area contributed by atoms with Crippen molar-refractivity contribution in [1.82, 2.24) is 14.9 Å². The summed E-state index contributed by atoms with van der Waals surface area (Å²) in [5, 5.41) is 2.98. The van der Waals surface area contributed by atoms with Gasteiger partial charge in [0.2, 0.25) is 0 Å². The van der Waals surface area contributed by atoms with Crippen LogP contribution in [0.15, 0.2) is 91.5 Å². The molecule has 0 saturated heterocycles. The Morgan fingerprint density at radius 2 is 1.45 bits per heavy atom. The molecule has 1 amide bonds. The molecule has 4 aromatic rings. The molecule has 4 rings (SSSR count). The van der Waals surface area contributed by atoms with Crippen LogP contribution < -0.4 is 14.8 Å². The third-order valence-corrected chi connectivity index (χ3v) is 5.39. The lowest BCUT2D eigenvalue weighted by molar-refractivity contribution is 0.0952. The fourth-order valence-corrected chi connectivity index (χ4v) is 3.65. The number of carbonyl (C=O) groups excluding carboxylic acids is 1. The molecule has 0 bridgehead atoms. The second-order valence-electron chi connectivity index (χ2n) is 7.47. The van der Waals surface area contributed by atoms with Crippen LogP contribution in [0.5, 0.6) is 11.5 Å². The Morgan fingerprint density at radius 3 is 2.00 bits per heavy atom. The van der Waals surface area contributed by atoms with E-state index in [1.807, 2.05) is 83.6 Å². The standard InChI is InChI=1S/C27H26N3O3/c1-32-24-10-6-20(7-11-24)26(21-8-12-25(33-2)13-9-21)22-4-3-5-23(18-22)27(31)29-15-17-30-16-14-28-19-30/h3-14,16,18-19H,15,17H2,1-2H3,(H,29,31). The minimum atomic E-state index is -0.110. The number of nitrogens with zero attached hydrogens (tertiary/aromatic N) is 2. The quantitative estimate of drug-likeness (QED) is 0.393. The van der Waals surface area contributed by atoms with Gasteiger partial charge in [0.15, 0.2) is 0 Å². The largest absolute Gasteiger partial charge is 0.497 e. The summed E-state index contributed by atoms with van der Waals surface area (Å²) in [7, 11) is 3.30. The number of aromatic nitrogens is 2. The summed E-state index contributed by atoms with van der Waals surface area (Å²) in [6, 6.07) is 23.5.